The zero-order valence-corrected chi connectivity index (χ0v) is 11.4. The Morgan fingerprint density at radius 2 is 2.11 bits per heavy atom. The Bertz CT molecular complexity index is 633. The van der Waals surface area contributed by atoms with Crippen LogP contribution in [0.2, 0.25) is 0 Å². The monoisotopic (exact) mass is 276 g/mol. The highest BCUT2D eigenvalue weighted by molar-refractivity contribution is 7.88. The van der Waals surface area contributed by atoms with E-state index in [1.54, 1.807) is 28.6 Å². The van der Waals surface area contributed by atoms with Gasteiger partial charge in [-0.1, -0.05) is 18.2 Å². The van der Waals surface area contributed by atoms with Gasteiger partial charge in [0.05, 0.1) is 17.4 Å². The number of piperidine rings is 1. The minimum Gasteiger partial charge on any atom is -0.212 e. The number of hydrogen-bond acceptors (Lipinski definition) is 3. The molecule has 2 unspecified atom stereocenters. The van der Waals surface area contributed by atoms with E-state index in [2.05, 4.69) is 6.07 Å². The molecule has 3 rings (SSSR count). The number of nitrogens with zero attached hydrogens (tertiary/aromatic N) is 2. The molecule has 0 spiro atoms. The van der Waals surface area contributed by atoms with Crippen LogP contribution in [0.25, 0.3) is 0 Å². The first-order valence-corrected chi connectivity index (χ1v) is 8.18. The van der Waals surface area contributed by atoms with Gasteiger partial charge in [0.15, 0.2) is 0 Å². The van der Waals surface area contributed by atoms with Crippen molar-refractivity contribution in [1.29, 1.82) is 5.26 Å². The van der Waals surface area contributed by atoms with Gasteiger partial charge < -0.3 is 0 Å². The average Bonchev–Trinajstić information content (AvgIpc) is 3.01. The second-order valence-electron chi connectivity index (χ2n) is 5.43. The van der Waals surface area contributed by atoms with E-state index >= 15 is 0 Å². The second kappa shape index (κ2) is 4.62. The number of fused-ring (bicyclic) bond motifs is 2. The summed E-state index contributed by atoms with van der Waals surface area (Å²) in [6.45, 7) is 0.668. The summed E-state index contributed by atoms with van der Waals surface area (Å²) in [6.07, 6.45) is 3.16. The number of benzene rings is 1. The van der Waals surface area contributed by atoms with Gasteiger partial charge in [0.2, 0.25) is 10.0 Å². The zero-order valence-electron chi connectivity index (χ0n) is 10.6. The molecule has 0 aromatic heterocycles. The van der Waals surface area contributed by atoms with Crippen LogP contribution < -0.4 is 0 Å². The number of hydrogen-bond donors (Lipinski definition) is 0. The molecular weight excluding hydrogens is 260 g/mol. The van der Waals surface area contributed by atoms with Gasteiger partial charge in [0, 0.05) is 12.6 Å². The fraction of sp³-hybridized carbons (Fsp3) is 0.500. The van der Waals surface area contributed by atoms with Crippen LogP contribution in [0, 0.1) is 17.2 Å². The molecule has 2 bridgehead atoms. The molecular formula is C14H16N2O2S. The lowest BCUT2D eigenvalue weighted by molar-refractivity contribution is 0.333. The molecule has 1 aromatic carbocycles. The molecule has 100 valence electrons. The number of nitriles is 1. The van der Waals surface area contributed by atoms with E-state index < -0.39 is 10.0 Å². The van der Waals surface area contributed by atoms with Crippen molar-refractivity contribution < 1.29 is 8.42 Å². The largest absolute Gasteiger partial charge is 0.218 e. The van der Waals surface area contributed by atoms with Gasteiger partial charge in [-0.25, -0.2) is 8.42 Å². The van der Waals surface area contributed by atoms with E-state index in [1.165, 1.54) is 0 Å². The number of rotatable bonds is 3. The summed E-state index contributed by atoms with van der Waals surface area (Å²) in [6, 6.07) is 9.19. The highest BCUT2D eigenvalue weighted by Gasteiger charge is 2.43. The Hall–Kier alpha value is -1.38. The van der Waals surface area contributed by atoms with E-state index in [1.807, 2.05) is 0 Å². The Morgan fingerprint density at radius 3 is 2.74 bits per heavy atom. The molecule has 0 amide bonds. The van der Waals surface area contributed by atoms with Crippen LogP contribution >= 0.6 is 0 Å². The molecule has 1 aliphatic carbocycles. The van der Waals surface area contributed by atoms with Crippen molar-refractivity contribution in [2.75, 3.05) is 6.54 Å². The molecule has 1 saturated heterocycles. The third kappa shape index (κ3) is 2.26. The predicted octanol–water partition coefficient (Wildman–Crippen LogP) is 1.87. The van der Waals surface area contributed by atoms with E-state index in [0.717, 1.165) is 19.3 Å². The molecule has 2 atom stereocenters. The third-order valence-corrected chi connectivity index (χ3v) is 6.03. The minimum atomic E-state index is -3.29. The molecule has 0 radical (unpaired) electrons. The Morgan fingerprint density at radius 1 is 1.32 bits per heavy atom. The van der Waals surface area contributed by atoms with Crippen molar-refractivity contribution in [1.82, 2.24) is 4.31 Å². The first kappa shape index (κ1) is 12.6. The fourth-order valence-electron chi connectivity index (χ4n) is 3.25. The Kier molecular flexibility index (Phi) is 3.08. The number of sulfonamides is 1. The molecule has 5 heteroatoms. The summed E-state index contributed by atoms with van der Waals surface area (Å²) in [5, 5.41) is 9.03. The Balaban J connectivity index is 1.84. The average molecular weight is 276 g/mol. The lowest BCUT2D eigenvalue weighted by Gasteiger charge is -2.26. The zero-order chi connectivity index (χ0) is 13.5. The summed E-state index contributed by atoms with van der Waals surface area (Å²) in [7, 11) is -3.29. The van der Waals surface area contributed by atoms with Crippen LogP contribution in [0.1, 0.15) is 30.4 Å². The van der Waals surface area contributed by atoms with Crippen molar-refractivity contribution in [3.05, 3.63) is 35.4 Å². The standard InChI is InChI=1S/C14H16N2O2S/c15-8-12-3-1-2-4-13(12)10-19(17,18)16-9-11-5-6-14(16)7-11/h1-4,11,14H,5-7,9-10H2. The van der Waals surface area contributed by atoms with Crippen LogP contribution in [0.4, 0.5) is 0 Å². The molecule has 4 nitrogen and oxygen atoms in total. The SMILES string of the molecule is N#Cc1ccccc1CS(=O)(=O)N1CC2CCC1C2. The topological polar surface area (TPSA) is 61.2 Å². The maximum atomic E-state index is 12.5. The predicted molar refractivity (Wildman–Crippen MR) is 71.6 cm³/mol. The Labute approximate surface area is 113 Å². The van der Waals surface area contributed by atoms with Crippen LogP contribution in [-0.2, 0) is 15.8 Å². The highest BCUT2D eigenvalue weighted by Crippen LogP contribution is 2.39. The molecule has 1 aromatic rings. The van der Waals surface area contributed by atoms with Gasteiger partial charge >= 0.3 is 0 Å². The van der Waals surface area contributed by atoms with E-state index in [0.29, 0.717) is 23.6 Å². The molecule has 2 fully saturated rings. The summed E-state index contributed by atoms with van der Waals surface area (Å²) in [4.78, 5) is 0. The lowest BCUT2D eigenvalue weighted by Crippen LogP contribution is -2.38. The van der Waals surface area contributed by atoms with Crippen molar-refractivity contribution >= 4 is 10.0 Å². The highest BCUT2D eigenvalue weighted by atomic mass is 32.2. The van der Waals surface area contributed by atoms with Crippen molar-refractivity contribution in [2.24, 2.45) is 5.92 Å². The van der Waals surface area contributed by atoms with Crippen LogP contribution in [0.3, 0.4) is 0 Å². The molecule has 19 heavy (non-hydrogen) atoms. The van der Waals surface area contributed by atoms with Crippen molar-refractivity contribution in [3.63, 3.8) is 0 Å². The molecule has 0 N–H and O–H groups in total. The van der Waals surface area contributed by atoms with E-state index in [9.17, 15) is 8.42 Å². The van der Waals surface area contributed by atoms with Gasteiger partial charge in [-0.2, -0.15) is 9.57 Å². The minimum absolute atomic E-state index is 0.0556. The molecule has 1 heterocycles. The van der Waals surface area contributed by atoms with Crippen molar-refractivity contribution in [2.45, 2.75) is 31.1 Å². The fourth-order valence-corrected chi connectivity index (χ4v) is 5.15. The van der Waals surface area contributed by atoms with Gasteiger partial charge in [0.25, 0.3) is 0 Å². The quantitative estimate of drug-likeness (QED) is 0.846. The summed E-state index contributed by atoms with van der Waals surface area (Å²) < 4.78 is 26.6. The smallest absolute Gasteiger partial charge is 0.212 e. The van der Waals surface area contributed by atoms with Gasteiger partial charge in [-0.05, 0) is 36.8 Å². The summed E-state index contributed by atoms with van der Waals surface area (Å²) >= 11 is 0. The van der Waals surface area contributed by atoms with E-state index in [4.69, 9.17) is 5.26 Å². The summed E-state index contributed by atoms with van der Waals surface area (Å²) in [5.41, 5.74) is 1.06. The maximum Gasteiger partial charge on any atom is 0.218 e. The normalized spacial score (nSPS) is 26.5. The van der Waals surface area contributed by atoms with Crippen LogP contribution in [-0.4, -0.2) is 25.3 Å². The van der Waals surface area contributed by atoms with Crippen LogP contribution in [0.5, 0.6) is 0 Å². The van der Waals surface area contributed by atoms with Gasteiger partial charge in [-0.3, -0.25) is 0 Å². The molecule has 1 saturated carbocycles. The third-order valence-electron chi connectivity index (χ3n) is 4.19. The molecule has 2 aliphatic rings. The first-order valence-electron chi connectivity index (χ1n) is 6.57. The van der Waals surface area contributed by atoms with E-state index in [-0.39, 0.29) is 11.8 Å². The second-order valence-corrected chi connectivity index (χ2v) is 7.35. The molecule has 1 aliphatic heterocycles. The first-order chi connectivity index (χ1) is 9.10. The lowest BCUT2D eigenvalue weighted by atomic mass is 10.1. The van der Waals surface area contributed by atoms with Gasteiger partial charge in [0.1, 0.15) is 0 Å². The van der Waals surface area contributed by atoms with Gasteiger partial charge in [-0.15, -0.1) is 0 Å². The summed E-state index contributed by atoms with van der Waals surface area (Å²) in [5.74, 6) is 0.492. The maximum absolute atomic E-state index is 12.5. The van der Waals surface area contributed by atoms with Crippen molar-refractivity contribution in [3.8, 4) is 6.07 Å². The van der Waals surface area contributed by atoms with Crippen LogP contribution in [0.15, 0.2) is 24.3 Å².